The first-order valence-corrected chi connectivity index (χ1v) is 7.45. The fourth-order valence-electron chi connectivity index (χ4n) is 3.36. The van der Waals surface area contributed by atoms with Crippen molar-refractivity contribution >= 4 is 10.9 Å². The van der Waals surface area contributed by atoms with Crippen molar-refractivity contribution in [3.63, 3.8) is 0 Å². The van der Waals surface area contributed by atoms with Crippen LogP contribution in [-0.4, -0.2) is 33.2 Å². The van der Waals surface area contributed by atoms with Gasteiger partial charge >= 0.3 is 0 Å². The first-order chi connectivity index (χ1) is 9.97. The summed E-state index contributed by atoms with van der Waals surface area (Å²) in [4.78, 5) is 6.62. The first kappa shape index (κ1) is 14.4. The lowest BCUT2D eigenvalue weighted by molar-refractivity contribution is -0.00491. The minimum Gasteiger partial charge on any atom is -0.389 e. The van der Waals surface area contributed by atoms with Crippen molar-refractivity contribution in [1.82, 2.24) is 9.88 Å². The largest absolute Gasteiger partial charge is 0.389 e. The van der Waals surface area contributed by atoms with Crippen LogP contribution in [0.3, 0.4) is 0 Å². The fourth-order valence-corrected chi connectivity index (χ4v) is 3.36. The highest BCUT2D eigenvalue weighted by molar-refractivity contribution is 5.82. The van der Waals surface area contributed by atoms with Gasteiger partial charge in [-0.1, -0.05) is 6.07 Å². The summed E-state index contributed by atoms with van der Waals surface area (Å²) < 4.78 is 13.9. The van der Waals surface area contributed by atoms with E-state index in [9.17, 15) is 9.50 Å². The maximum absolute atomic E-state index is 13.9. The van der Waals surface area contributed by atoms with Crippen LogP contribution in [-0.2, 0) is 6.54 Å². The zero-order valence-electron chi connectivity index (χ0n) is 12.5. The Kier molecular flexibility index (Phi) is 3.68. The highest BCUT2D eigenvalue weighted by Gasteiger charge is 2.35. The van der Waals surface area contributed by atoms with Gasteiger partial charge in [0, 0.05) is 24.2 Å². The number of aromatic nitrogens is 1. The Bertz CT molecular complexity index is 651. The average Bonchev–Trinajstić information content (AvgIpc) is 2.91. The van der Waals surface area contributed by atoms with Crippen LogP contribution < -0.4 is 0 Å². The molecule has 1 aliphatic rings. The number of nitrogens with zero attached hydrogens (tertiary/aromatic N) is 2. The molecule has 1 aliphatic heterocycles. The molecule has 1 unspecified atom stereocenters. The minimum absolute atomic E-state index is 0.140. The molecule has 21 heavy (non-hydrogen) atoms. The van der Waals surface area contributed by atoms with Gasteiger partial charge in [-0.3, -0.25) is 9.88 Å². The van der Waals surface area contributed by atoms with Crippen LogP contribution in [0.4, 0.5) is 4.39 Å². The lowest BCUT2D eigenvalue weighted by Gasteiger charge is -2.34. The van der Waals surface area contributed by atoms with E-state index in [1.165, 1.54) is 6.07 Å². The Morgan fingerprint density at radius 3 is 2.95 bits per heavy atom. The van der Waals surface area contributed by atoms with Crippen LogP contribution in [0, 0.1) is 5.82 Å². The summed E-state index contributed by atoms with van der Waals surface area (Å²) in [6.45, 7) is 5.37. The van der Waals surface area contributed by atoms with E-state index in [1.807, 2.05) is 19.9 Å². The average molecular weight is 288 g/mol. The molecule has 0 amide bonds. The van der Waals surface area contributed by atoms with Gasteiger partial charge in [-0.25, -0.2) is 4.39 Å². The molecule has 1 aromatic heterocycles. The second-order valence-electron chi connectivity index (χ2n) is 6.39. The molecular weight excluding hydrogens is 267 g/mol. The molecule has 3 nitrogen and oxygen atoms in total. The van der Waals surface area contributed by atoms with E-state index in [0.717, 1.165) is 30.5 Å². The summed E-state index contributed by atoms with van der Waals surface area (Å²) in [6.07, 6.45) is 3.78. The van der Waals surface area contributed by atoms with E-state index in [4.69, 9.17) is 0 Å². The molecule has 1 atom stereocenters. The molecule has 0 radical (unpaired) electrons. The number of aliphatic hydroxyl groups is 1. The quantitative estimate of drug-likeness (QED) is 0.942. The predicted octanol–water partition coefficient (Wildman–Crippen LogP) is 3.11. The van der Waals surface area contributed by atoms with Crippen molar-refractivity contribution in [2.75, 3.05) is 6.54 Å². The lowest BCUT2D eigenvalue weighted by atomic mass is 9.96. The Morgan fingerprint density at radius 1 is 1.38 bits per heavy atom. The molecule has 112 valence electrons. The molecule has 0 saturated carbocycles. The van der Waals surface area contributed by atoms with Gasteiger partial charge in [0.1, 0.15) is 5.82 Å². The smallest absolute Gasteiger partial charge is 0.132 e. The standard InChI is InChI=1S/C17H21FN2O/c1-17(2,21)15-6-4-10-20(15)11-12-7-8-14(18)13-5-3-9-19-16(12)13/h3,5,7-9,15,21H,4,6,10-11H2,1-2H3. The molecular formula is C17H21FN2O. The number of rotatable bonds is 3. The third kappa shape index (κ3) is 2.78. The third-order valence-electron chi connectivity index (χ3n) is 4.35. The van der Waals surface area contributed by atoms with Crippen LogP contribution in [0.2, 0.25) is 0 Å². The molecule has 2 aromatic rings. The van der Waals surface area contributed by atoms with Gasteiger partial charge in [-0.05, 0) is 57.0 Å². The normalized spacial score (nSPS) is 20.3. The zero-order valence-corrected chi connectivity index (χ0v) is 12.5. The molecule has 2 heterocycles. The van der Waals surface area contributed by atoms with Crippen molar-refractivity contribution in [1.29, 1.82) is 0 Å². The highest BCUT2D eigenvalue weighted by Crippen LogP contribution is 2.30. The second-order valence-corrected chi connectivity index (χ2v) is 6.39. The van der Waals surface area contributed by atoms with Crippen LogP contribution >= 0.6 is 0 Å². The van der Waals surface area contributed by atoms with Gasteiger partial charge in [0.25, 0.3) is 0 Å². The fraction of sp³-hybridized carbons (Fsp3) is 0.471. The van der Waals surface area contributed by atoms with E-state index in [0.29, 0.717) is 11.9 Å². The zero-order chi connectivity index (χ0) is 15.0. The molecule has 0 aliphatic carbocycles. The Labute approximate surface area is 124 Å². The first-order valence-electron chi connectivity index (χ1n) is 7.45. The van der Waals surface area contributed by atoms with Crippen molar-refractivity contribution in [2.45, 2.75) is 44.9 Å². The molecule has 1 N–H and O–H groups in total. The number of pyridine rings is 1. The molecule has 0 spiro atoms. The van der Waals surface area contributed by atoms with Gasteiger partial charge in [0.2, 0.25) is 0 Å². The van der Waals surface area contributed by atoms with E-state index in [-0.39, 0.29) is 11.9 Å². The van der Waals surface area contributed by atoms with E-state index >= 15 is 0 Å². The van der Waals surface area contributed by atoms with Crippen molar-refractivity contribution < 1.29 is 9.50 Å². The molecule has 0 bridgehead atoms. The van der Waals surface area contributed by atoms with E-state index in [2.05, 4.69) is 9.88 Å². The topological polar surface area (TPSA) is 36.4 Å². The SMILES string of the molecule is CC(C)(O)C1CCCN1Cc1ccc(F)c2cccnc12. The predicted molar refractivity (Wildman–Crippen MR) is 81.4 cm³/mol. The maximum atomic E-state index is 13.9. The minimum atomic E-state index is -0.722. The summed E-state index contributed by atoms with van der Waals surface area (Å²) in [5.74, 6) is -0.234. The number of halogens is 1. The second kappa shape index (κ2) is 5.35. The Morgan fingerprint density at radius 2 is 2.19 bits per heavy atom. The molecule has 3 rings (SSSR count). The monoisotopic (exact) mass is 288 g/mol. The van der Waals surface area contributed by atoms with Gasteiger partial charge in [-0.15, -0.1) is 0 Å². The number of hydrogen-bond acceptors (Lipinski definition) is 3. The number of hydrogen-bond donors (Lipinski definition) is 1. The summed E-state index contributed by atoms with van der Waals surface area (Å²) in [7, 11) is 0. The van der Waals surface area contributed by atoms with Gasteiger partial charge in [-0.2, -0.15) is 0 Å². The number of benzene rings is 1. The van der Waals surface area contributed by atoms with E-state index in [1.54, 1.807) is 18.3 Å². The summed E-state index contributed by atoms with van der Waals surface area (Å²) in [5.41, 5.74) is 1.02. The number of fused-ring (bicyclic) bond motifs is 1. The highest BCUT2D eigenvalue weighted by atomic mass is 19.1. The van der Waals surface area contributed by atoms with Gasteiger partial charge in [0.15, 0.2) is 0 Å². The van der Waals surface area contributed by atoms with Crippen LogP contribution in [0.25, 0.3) is 10.9 Å². The third-order valence-corrected chi connectivity index (χ3v) is 4.35. The van der Waals surface area contributed by atoms with Crippen LogP contribution in [0.15, 0.2) is 30.5 Å². The summed E-state index contributed by atoms with van der Waals surface area (Å²) in [6, 6.07) is 6.98. The van der Waals surface area contributed by atoms with Crippen molar-refractivity contribution in [3.8, 4) is 0 Å². The Hall–Kier alpha value is -1.52. The van der Waals surface area contributed by atoms with Crippen LogP contribution in [0.5, 0.6) is 0 Å². The van der Waals surface area contributed by atoms with Crippen molar-refractivity contribution in [2.24, 2.45) is 0 Å². The molecule has 1 saturated heterocycles. The lowest BCUT2D eigenvalue weighted by Crippen LogP contribution is -2.45. The number of likely N-dealkylation sites (tertiary alicyclic amines) is 1. The molecule has 1 aromatic carbocycles. The van der Waals surface area contributed by atoms with E-state index < -0.39 is 5.60 Å². The summed E-state index contributed by atoms with van der Waals surface area (Å²) in [5, 5.41) is 10.9. The van der Waals surface area contributed by atoms with Gasteiger partial charge < -0.3 is 5.11 Å². The molecule has 1 fully saturated rings. The van der Waals surface area contributed by atoms with Crippen LogP contribution in [0.1, 0.15) is 32.3 Å². The summed E-state index contributed by atoms with van der Waals surface area (Å²) >= 11 is 0. The molecule has 4 heteroatoms. The van der Waals surface area contributed by atoms with Gasteiger partial charge in [0.05, 0.1) is 11.1 Å². The van der Waals surface area contributed by atoms with Crippen molar-refractivity contribution in [3.05, 3.63) is 41.8 Å². The maximum Gasteiger partial charge on any atom is 0.132 e. The Balaban J connectivity index is 1.94.